The van der Waals surface area contributed by atoms with E-state index in [1.807, 2.05) is 12.1 Å². The van der Waals surface area contributed by atoms with Crippen molar-refractivity contribution < 1.29 is 5.11 Å². The molecule has 4 heteroatoms. The topological polar surface area (TPSA) is 33.1 Å². The summed E-state index contributed by atoms with van der Waals surface area (Å²) in [6.45, 7) is 0. The lowest BCUT2D eigenvalue weighted by atomic mass is 10.0. The summed E-state index contributed by atoms with van der Waals surface area (Å²) in [6.07, 6.45) is 3.14. The normalized spacial score (nSPS) is 12.4. The second kappa shape index (κ2) is 5.50. The lowest BCUT2D eigenvalue weighted by Gasteiger charge is -2.14. The highest BCUT2D eigenvalue weighted by atomic mass is 35.5. The molecular weight excluding hydrogens is 257 g/mol. The van der Waals surface area contributed by atoms with E-state index in [1.54, 1.807) is 30.6 Å². The third kappa shape index (κ3) is 2.97. The molecule has 0 aliphatic heterocycles. The Labute approximate surface area is 110 Å². The van der Waals surface area contributed by atoms with Crippen LogP contribution in [0.3, 0.4) is 0 Å². The molecule has 0 aliphatic rings. The van der Waals surface area contributed by atoms with Crippen LogP contribution >= 0.6 is 23.2 Å². The summed E-state index contributed by atoms with van der Waals surface area (Å²) in [7, 11) is 0. The molecule has 2 nitrogen and oxygen atoms in total. The number of aliphatic hydroxyl groups is 1. The summed E-state index contributed by atoms with van der Waals surface area (Å²) in [6, 6.07) is 8.91. The van der Waals surface area contributed by atoms with Crippen LogP contribution in [0.1, 0.15) is 17.2 Å². The van der Waals surface area contributed by atoms with Gasteiger partial charge in [0.2, 0.25) is 0 Å². The maximum absolute atomic E-state index is 10.1. The molecule has 0 aliphatic carbocycles. The Hall–Kier alpha value is -1.09. The summed E-state index contributed by atoms with van der Waals surface area (Å²) >= 11 is 12.1. The molecule has 1 atom stereocenters. The molecule has 0 bridgehead atoms. The fourth-order valence-electron chi connectivity index (χ4n) is 1.67. The van der Waals surface area contributed by atoms with Crippen molar-refractivity contribution in [1.82, 2.24) is 4.98 Å². The maximum Gasteiger partial charge on any atom is 0.0859 e. The van der Waals surface area contributed by atoms with Gasteiger partial charge in [0, 0.05) is 34.4 Å². The molecule has 0 saturated carbocycles. The van der Waals surface area contributed by atoms with E-state index in [0.717, 1.165) is 5.56 Å². The number of aliphatic hydroxyl groups excluding tert-OH is 1. The van der Waals surface area contributed by atoms with Crippen LogP contribution in [0.4, 0.5) is 0 Å². The molecule has 1 aromatic heterocycles. The standard InChI is InChI=1S/C13H11Cl2NO/c14-10-2-1-3-11(15)13(10)12(17)8-9-4-6-16-7-5-9/h1-7,12,17H,8H2. The Balaban J connectivity index is 2.23. The van der Waals surface area contributed by atoms with Crippen molar-refractivity contribution in [1.29, 1.82) is 0 Å². The highest BCUT2D eigenvalue weighted by molar-refractivity contribution is 6.36. The Morgan fingerprint density at radius 2 is 1.65 bits per heavy atom. The molecule has 0 spiro atoms. The maximum atomic E-state index is 10.1. The lowest BCUT2D eigenvalue weighted by Crippen LogP contribution is -2.03. The average Bonchev–Trinajstić information content (AvgIpc) is 2.30. The molecule has 0 amide bonds. The monoisotopic (exact) mass is 267 g/mol. The molecule has 0 saturated heterocycles. The first kappa shape index (κ1) is 12.4. The Bertz CT molecular complexity index is 482. The minimum Gasteiger partial charge on any atom is -0.388 e. The summed E-state index contributed by atoms with van der Waals surface area (Å²) in [5.74, 6) is 0. The largest absolute Gasteiger partial charge is 0.388 e. The lowest BCUT2D eigenvalue weighted by molar-refractivity contribution is 0.178. The van der Waals surface area contributed by atoms with Crippen molar-refractivity contribution >= 4 is 23.2 Å². The van der Waals surface area contributed by atoms with Crippen LogP contribution < -0.4 is 0 Å². The van der Waals surface area contributed by atoms with E-state index in [-0.39, 0.29) is 0 Å². The second-order valence-corrected chi connectivity index (χ2v) is 4.53. The van der Waals surface area contributed by atoms with Gasteiger partial charge in [-0.2, -0.15) is 0 Å². The summed E-state index contributed by atoms with van der Waals surface area (Å²) in [5.41, 5.74) is 1.57. The van der Waals surface area contributed by atoms with Crippen molar-refractivity contribution in [2.24, 2.45) is 0 Å². The van der Waals surface area contributed by atoms with Crippen LogP contribution in [0.15, 0.2) is 42.7 Å². The highest BCUT2D eigenvalue weighted by Crippen LogP contribution is 2.31. The summed E-state index contributed by atoms with van der Waals surface area (Å²) < 4.78 is 0. The zero-order valence-corrected chi connectivity index (χ0v) is 10.5. The zero-order valence-electron chi connectivity index (χ0n) is 8.98. The van der Waals surface area contributed by atoms with Gasteiger partial charge in [0.1, 0.15) is 0 Å². The summed E-state index contributed by atoms with van der Waals surface area (Å²) in [4.78, 5) is 3.93. The average molecular weight is 268 g/mol. The number of benzene rings is 1. The molecular formula is C13H11Cl2NO. The molecule has 1 aromatic carbocycles. The van der Waals surface area contributed by atoms with Crippen molar-refractivity contribution in [3.8, 4) is 0 Å². The van der Waals surface area contributed by atoms with Crippen LogP contribution in [-0.2, 0) is 6.42 Å². The quantitative estimate of drug-likeness (QED) is 0.921. The molecule has 1 heterocycles. The van der Waals surface area contributed by atoms with E-state index < -0.39 is 6.10 Å². The Morgan fingerprint density at radius 1 is 1.06 bits per heavy atom. The van der Waals surface area contributed by atoms with Crippen LogP contribution in [0, 0.1) is 0 Å². The van der Waals surface area contributed by atoms with Crippen LogP contribution in [0.5, 0.6) is 0 Å². The van der Waals surface area contributed by atoms with Gasteiger partial charge in [-0.15, -0.1) is 0 Å². The number of nitrogens with zero attached hydrogens (tertiary/aromatic N) is 1. The minimum absolute atomic E-state index is 0.464. The number of pyridine rings is 1. The van der Waals surface area contributed by atoms with Crippen molar-refractivity contribution in [3.05, 3.63) is 63.9 Å². The van der Waals surface area contributed by atoms with Gasteiger partial charge >= 0.3 is 0 Å². The second-order valence-electron chi connectivity index (χ2n) is 3.71. The number of aromatic nitrogens is 1. The van der Waals surface area contributed by atoms with Gasteiger partial charge in [0.25, 0.3) is 0 Å². The molecule has 2 rings (SSSR count). The van der Waals surface area contributed by atoms with Gasteiger partial charge in [-0.25, -0.2) is 0 Å². The SMILES string of the molecule is OC(Cc1ccncc1)c1c(Cl)cccc1Cl. The van der Waals surface area contributed by atoms with E-state index in [4.69, 9.17) is 23.2 Å². The van der Waals surface area contributed by atoms with E-state index in [1.165, 1.54) is 0 Å². The molecule has 0 fully saturated rings. The third-order valence-electron chi connectivity index (χ3n) is 2.51. The Kier molecular flexibility index (Phi) is 4.00. The van der Waals surface area contributed by atoms with E-state index in [2.05, 4.69) is 4.98 Å². The molecule has 2 aromatic rings. The number of hydrogen-bond acceptors (Lipinski definition) is 2. The summed E-state index contributed by atoms with van der Waals surface area (Å²) in [5, 5.41) is 11.1. The van der Waals surface area contributed by atoms with Gasteiger partial charge in [-0.1, -0.05) is 29.3 Å². The predicted molar refractivity (Wildman–Crippen MR) is 69.4 cm³/mol. The van der Waals surface area contributed by atoms with Crippen LogP contribution in [0.25, 0.3) is 0 Å². The fourth-order valence-corrected chi connectivity index (χ4v) is 2.32. The van der Waals surface area contributed by atoms with Crippen molar-refractivity contribution in [2.75, 3.05) is 0 Å². The van der Waals surface area contributed by atoms with Crippen LogP contribution in [-0.4, -0.2) is 10.1 Å². The number of hydrogen-bond donors (Lipinski definition) is 1. The van der Waals surface area contributed by atoms with Gasteiger partial charge in [-0.05, 0) is 29.8 Å². The molecule has 88 valence electrons. The van der Waals surface area contributed by atoms with E-state index >= 15 is 0 Å². The first-order valence-electron chi connectivity index (χ1n) is 5.19. The molecule has 1 N–H and O–H groups in total. The minimum atomic E-state index is -0.710. The van der Waals surface area contributed by atoms with Crippen LogP contribution in [0.2, 0.25) is 10.0 Å². The molecule has 17 heavy (non-hydrogen) atoms. The predicted octanol–water partition coefficient (Wildman–Crippen LogP) is 3.66. The Morgan fingerprint density at radius 3 is 2.24 bits per heavy atom. The van der Waals surface area contributed by atoms with Gasteiger partial charge < -0.3 is 5.11 Å². The van der Waals surface area contributed by atoms with Gasteiger partial charge in [0.15, 0.2) is 0 Å². The molecule has 0 radical (unpaired) electrons. The highest BCUT2D eigenvalue weighted by Gasteiger charge is 2.15. The number of rotatable bonds is 3. The first-order chi connectivity index (χ1) is 8.18. The molecule has 1 unspecified atom stereocenters. The van der Waals surface area contributed by atoms with E-state index in [0.29, 0.717) is 22.0 Å². The van der Waals surface area contributed by atoms with E-state index in [9.17, 15) is 5.11 Å². The third-order valence-corrected chi connectivity index (χ3v) is 3.17. The van der Waals surface area contributed by atoms with Crippen molar-refractivity contribution in [2.45, 2.75) is 12.5 Å². The van der Waals surface area contributed by atoms with Crippen molar-refractivity contribution in [3.63, 3.8) is 0 Å². The fraction of sp³-hybridized carbons (Fsp3) is 0.154. The first-order valence-corrected chi connectivity index (χ1v) is 5.95. The zero-order chi connectivity index (χ0) is 12.3. The van der Waals surface area contributed by atoms with Gasteiger partial charge in [0.05, 0.1) is 6.10 Å². The van der Waals surface area contributed by atoms with Gasteiger partial charge in [-0.3, -0.25) is 4.98 Å². The smallest absolute Gasteiger partial charge is 0.0859 e. The number of halogens is 2.